The van der Waals surface area contributed by atoms with E-state index in [9.17, 15) is 0 Å². The summed E-state index contributed by atoms with van der Waals surface area (Å²) in [6.07, 6.45) is -0.0450. The number of rotatable bonds is 3. The van der Waals surface area contributed by atoms with Crippen LogP contribution in [0.25, 0.3) is 0 Å². The average molecular weight is 329 g/mol. The van der Waals surface area contributed by atoms with E-state index in [2.05, 4.69) is 57.0 Å². The minimum absolute atomic E-state index is 0.0450. The van der Waals surface area contributed by atoms with E-state index in [1.807, 2.05) is 7.05 Å². The molecular formula is C13H21BrN4O. The van der Waals surface area contributed by atoms with Crippen molar-refractivity contribution < 1.29 is 4.74 Å². The van der Waals surface area contributed by atoms with Gasteiger partial charge in [0.2, 0.25) is 0 Å². The molecule has 0 bridgehead atoms. The molecule has 1 aliphatic rings. The van der Waals surface area contributed by atoms with Crippen LogP contribution in [0.2, 0.25) is 0 Å². The van der Waals surface area contributed by atoms with Crippen molar-refractivity contribution in [2.75, 3.05) is 39.1 Å². The van der Waals surface area contributed by atoms with Crippen molar-refractivity contribution in [1.29, 1.82) is 0 Å². The van der Waals surface area contributed by atoms with Gasteiger partial charge in [0, 0.05) is 20.1 Å². The number of nitrogens with one attached hydrogen (secondary N) is 1. The molecule has 0 aliphatic carbocycles. The zero-order valence-electron chi connectivity index (χ0n) is 11.9. The van der Waals surface area contributed by atoms with Crippen LogP contribution in [-0.4, -0.2) is 48.7 Å². The summed E-state index contributed by atoms with van der Waals surface area (Å²) in [7, 11) is 3.96. The molecule has 0 spiro atoms. The number of aromatic nitrogens is 2. The van der Waals surface area contributed by atoms with Gasteiger partial charge in [0.15, 0.2) is 5.82 Å². The Kier molecular flexibility index (Phi) is 4.76. The fourth-order valence-electron chi connectivity index (χ4n) is 2.11. The van der Waals surface area contributed by atoms with Crippen LogP contribution in [-0.2, 0) is 4.74 Å². The molecule has 1 aliphatic heterocycles. The third kappa shape index (κ3) is 3.24. The molecule has 1 atom stereocenters. The molecule has 1 aromatic rings. The first-order valence-electron chi connectivity index (χ1n) is 6.58. The summed E-state index contributed by atoms with van der Waals surface area (Å²) in [6, 6.07) is 0. The van der Waals surface area contributed by atoms with Crippen LogP contribution in [0.3, 0.4) is 0 Å². The number of anilines is 1. The molecule has 106 valence electrons. The number of hydrogen-bond acceptors (Lipinski definition) is 5. The third-order valence-corrected chi connectivity index (χ3v) is 4.02. The highest BCUT2D eigenvalue weighted by molar-refractivity contribution is 9.10. The highest BCUT2D eigenvalue weighted by Crippen LogP contribution is 2.31. The largest absolute Gasteiger partial charge is 0.372 e. The molecule has 2 rings (SSSR count). The lowest BCUT2D eigenvalue weighted by Crippen LogP contribution is -2.36. The number of halogens is 1. The van der Waals surface area contributed by atoms with E-state index in [-0.39, 0.29) is 6.10 Å². The first kappa shape index (κ1) is 14.7. The van der Waals surface area contributed by atoms with E-state index >= 15 is 0 Å². The molecule has 0 aromatic carbocycles. The Morgan fingerprint density at radius 2 is 2.16 bits per heavy atom. The van der Waals surface area contributed by atoms with Crippen LogP contribution >= 0.6 is 15.9 Å². The summed E-state index contributed by atoms with van der Waals surface area (Å²) in [6.45, 7) is 6.78. The zero-order chi connectivity index (χ0) is 14.0. The lowest BCUT2D eigenvalue weighted by atomic mass is 10.1. The summed E-state index contributed by atoms with van der Waals surface area (Å²) in [4.78, 5) is 11.5. The normalized spacial score (nSPS) is 20.8. The van der Waals surface area contributed by atoms with E-state index < -0.39 is 0 Å². The monoisotopic (exact) mass is 328 g/mol. The Morgan fingerprint density at radius 3 is 2.74 bits per heavy atom. The van der Waals surface area contributed by atoms with Gasteiger partial charge in [0.25, 0.3) is 0 Å². The topological polar surface area (TPSA) is 50.3 Å². The van der Waals surface area contributed by atoms with Crippen LogP contribution in [0.1, 0.15) is 37.4 Å². The minimum Gasteiger partial charge on any atom is -0.372 e. The summed E-state index contributed by atoms with van der Waals surface area (Å²) in [5, 5.41) is 3.11. The van der Waals surface area contributed by atoms with Crippen LogP contribution in [0.4, 0.5) is 5.82 Å². The first-order chi connectivity index (χ1) is 9.02. The Balaban J connectivity index is 2.37. The number of nitrogens with zero attached hydrogens (tertiary/aromatic N) is 3. The predicted octanol–water partition coefficient (Wildman–Crippen LogP) is 2.41. The summed E-state index contributed by atoms with van der Waals surface area (Å²) >= 11 is 3.57. The van der Waals surface area contributed by atoms with Gasteiger partial charge in [-0.15, -0.1) is 0 Å². The maximum Gasteiger partial charge on any atom is 0.161 e. The zero-order valence-corrected chi connectivity index (χ0v) is 13.5. The van der Waals surface area contributed by atoms with Gasteiger partial charge in [0.1, 0.15) is 11.9 Å². The summed E-state index contributed by atoms with van der Waals surface area (Å²) in [5.74, 6) is 1.93. The molecule has 0 radical (unpaired) electrons. The second kappa shape index (κ2) is 6.15. The van der Waals surface area contributed by atoms with Gasteiger partial charge in [-0.25, -0.2) is 9.97 Å². The van der Waals surface area contributed by atoms with Gasteiger partial charge in [-0.05, 0) is 28.9 Å². The fourth-order valence-corrected chi connectivity index (χ4v) is 2.94. The highest BCUT2D eigenvalue weighted by atomic mass is 79.9. The minimum atomic E-state index is -0.0450. The highest BCUT2D eigenvalue weighted by Gasteiger charge is 2.24. The van der Waals surface area contributed by atoms with Gasteiger partial charge in [-0.3, -0.25) is 0 Å². The summed E-state index contributed by atoms with van der Waals surface area (Å²) in [5.41, 5.74) is 1.02. The second-order valence-corrected chi connectivity index (χ2v) is 5.95. The van der Waals surface area contributed by atoms with E-state index in [0.29, 0.717) is 5.92 Å². The van der Waals surface area contributed by atoms with E-state index in [4.69, 9.17) is 4.74 Å². The van der Waals surface area contributed by atoms with Crippen molar-refractivity contribution in [2.24, 2.45) is 0 Å². The van der Waals surface area contributed by atoms with Gasteiger partial charge < -0.3 is 15.0 Å². The lowest BCUT2D eigenvalue weighted by Gasteiger charge is -2.29. The van der Waals surface area contributed by atoms with Gasteiger partial charge in [-0.2, -0.15) is 0 Å². The van der Waals surface area contributed by atoms with Crippen molar-refractivity contribution in [1.82, 2.24) is 14.9 Å². The van der Waals surface area contributed by atoms with Crippen molar-refractivity contribution in [3.8, 4) is 0 Å². The van der Waals surface area contributed by atoms with Crippen LogP contribution in [0, 0.1) is 0 Å². The molecule has 1 saturated heterocycles. The molecule has 6 heteroatoms. The Hall–Kier alpha value is -0.720. The molecule has 5 nitrogen and oxygen atoms in total. The van der Waals surface area contributed by atoms with Crippen molar-refractivity contribution in [3.05, 3.63) is 16.0 Å². The number of morpholine rings is 1. The molecule has 2 heterocycles. The Bertz CT molecular complexity index is 453. The summed E-state index contributed by atoms with van der Waals surface area (Å²) < 4.78 is 6.74. The number of likely N-dealkylation sites (N-methyl/N-ethyl adjacent to an activating group) is 1. The molecule has 1 aromatic heterocycles. The van der Waals surface area contributed by atoms with Crippen molar-refractivity contribution >= 4 is 21.7 Å². The molecular weight excluding hydrogens is 308 g/mol. The molecule has 1 unspecified atom stereocenters. The third-order valence-electron chi connectivity index (χ3n) is 3.24. The molecule has 0 saturated carbocycles. The second-order valence-electron chi connectivity index (χ2n) is 5.16. The quantitative estimate of drug-likeness (QED) is 0.923. The Labute approximate surface area is 122 Å². The first-order valence-corrected chi connectivity index (χ1v) is 7.37. The maximum atomic E-state index is 5.80. The molecule has 1 fully saturated rings. The van der Waals surface area contributed by atoms with Crippen molar-refractivity contribution in [3.63, 3.8) is 0 Å². The van der Waals surface area contributed by atoms with Gasteiger partial charge >= 0.3 is 0 Å². The SMILES string of the molecule is CNc1nc(C2CN(C)CCO2)nc(C(C)C)c1Br. The molecule has 1 N–H and O–H groups in total. The smallest absolute Gasteiger partial charge is 0.161 e. The van der Waals surface area contributed by atoms with Crippen molar-refractivity contribution in [2.45, 2.75) is 25.9 Å². The Morgan fingerprint density at radius 1 is 1.42 bits per heavy atom. The van der Waals surface area contributed by atoms with Gasteiger partial charge in [-0.1, -0.05) is 13.8 Å². The molecule has 19 heavy (non-hydrogen) atoms. The van der Waals surface area contributed by atoms with Gasteiger partial charge in [0.05, 0.1) is 16.8 Å². The van der Waals surface area contributed by atoms with Crippen LogP contribution in [0.15, 0.2) is 4.47 Å². The van der Waals surface area contributed by atoms with E-state index in [0.717, 1.165) is 41.5 Å². The average Bonchev–Trinajstić information content (AvgIpc) is 2.38. The molecule has 0 amide bonds. The lowest BCUT2D eigenvalue weighted by molar-refractivity contribution is -0.0255. The number of hydrogen-bond donors (Lipinski definition) is 1. The fraction of sp³-hybridized carbons (Fsp3) is 0.692. The predicted molar refractivity (Wildman–Crippen MR) is 79.6 cm³/mol. The van der Waals surface area contributed by atoms with Crippen LogP contribution < -0.4 is 5.32 Å². The number of ether oxygens (including phenoxy) is 1. The van der Waals surface area contributed by atoms with E-state index in [1.54, 1.807) is 0 Å². The standard InChI is InChI=1S/C13H21BrN4O/c1-8(2)11-10(14)13(15-3)17-12(16-11)9-7-18(4)5-6-19-9/h8-9H,5-7H2,1-4H3,(H,15,16,17). The maximum absolute atomic E-state index is 5.80. The van der Waals surface area contributed by atoms with Crippen LogP contribution in [0.5, 0.6) is 0 Å². The van der Waals surface area contributed by atoms with E-state index in [1.165, 1.54) is 0 Å².